The maximum absolute atomic E-state index is 13.7. The van der Waals surface area contributed by atoms with E-state index >= 15 is 0 Å². The summed E-state index contributed by atoms with van der Waals surface area (Å²) >= 11 is 1.82. The van der Waals surface area contributed by atoms with Crippen LogP contribution in [0.3, 0.4) is 0 Å². The molecule has 166 valence electrons. The van der Waals surface area contributed by atoms with Crippen molar-refractivity contribution in [1.29, 1.82) is 0 Å². The van der Waals surface area contributed by atoms with Gasteiger partial charge in [-0.3, -0.25) is 0 Å². The second kappa shape index (κ2) is 9.31. The van der Waals surface area contributed by atoms with Crippen LogP contribution in [0.5, 0.6) is 0 Å². The molecule has 4 rings (SSSR count). The highest BCUT2D eigenvalue weighted by Crippen LogP contribution is 2.35. The molecule has 5 nitrogen and oxygen atoms in total. The van der Waals surface area contributed by atoms with Crippen molar-refractivity contribution in [2.75, 3.05) is 0 Å². The monoisotopic (exact) mass is 515 g/mol. The van der Waals surface area contributed by atoms with Crippen LogP contribution in [0.1, 0.15) is 38.1 Å². The van der Waals surface area contributed by atoms with Gasteiger partial charge in [-0.1, -0.05) is 41.6 Å². The normalized spacial score (nSPS) is 13.9. The molecule has 0 saturated carbocycles. The van der Waals surface area contributed by atoms with Crippen LogP contribution in [0.2, 0.25) is 0 Å². The summed E-state index contributed by atoms with van der Waals surface area (Å²) in [5.41, 5.74) is 3.87. The SMILES string of the molecule is CC(C)(C)[S+]([O-])N[C@@H](Cc1ccc(F)c(Br)n1)c1ccccc1-c1noc2ccccc12. The molecule has 0 radical (unpaired) electrons. The molecule has 0 amide bonds. The Morgan fingerprint density at radius 3 is 2.56 bits per heavy atom. The minimum Gasteiger partial charge on any atom is -0.598 e. The Labute approximate surface area is 197 Å². The summed E-state index contributed by atoms with van der Waals surface area (Å²) in [6.45, 7) is 5.74. The number of hydrogen-bond donors (Lipinski definition) is 1. The third kappa shape index (κ3) is 4.88. The lowest BCUT2D eigenvalue weighted by molar-refractivity contribution is 0.459. The number of nitrogens with zero attached hydrogens (tertiary/aromatic N) is 2. The van der Waals surface area contributed by atoms with Gasteiger partial charge in [-0.2, -0.15) is 0 Å². The molecular formula is C24H23BrFN3O2S. The number of rotatable bonds is 6. The molecule has 2 aromatic carbocycles. The molecular weight excluding hydrogens is 493 g/mol. The van der Waals surface area contributed by atoms with Crippen molar-refractivity contribution in [2.24, 2.45) is 0 Å². The fraction of sp³-hybridized carbons (Fsp3) is 0.250. The zero-order valence-corrected chi connectivity index (χ0v) is 20.3. The second-order valence-electron chi connectivity index (χ2n) is 8.45. The van der Waals surface area contributed by atoms with Crippen LogP contribution in [-0.4, -0.2) is 19.4 Å². The first-order valence-corrected chi connectivity index (χ1v) is 12.1. The lowest BCUT2D eigenvalue weighted by Gasteiger charge is -2.29. The summed E-state index contributed by atoms with van der Waals surface area (Å²) in [7, 11) is 0. The molecule has 0 fully saturated rings. The Balaban J connectivity index is 1.79. The third-order valence-electron chi connectivity index (χ3n) is 5.05. The number of benzene rings is 2. The molecule has 0 aliphatic heterocycles. The molecule has 2 heterocycles. The molecule has 1 N–H and O–H groups in total. The predicted molar refractivity (Wildman–Crippen MR) is 129 cm³/mol. The average Bonchev–Trinajstić information content (AvgIpc) is 3.19. The van der Waals surface area contributed by atoms with E-state index in [2.05, 4.69) is 30.8 Å². The van der Waals surface area contributed by atoms with Crippen LogP contribution in [-0.2, 0) is 17.8 Å². The highest BCUT2D eigenvalue weighted by atomic mass is 79.9. The van der Waals surface area contributed by atoms with E-state index in [9.17, 15) is 8.94 Å². The predicted octanol–water partition coefficient (Wildman–Crippen LogP) is 6.13. The number of hydrogen-bond acceptors (Lipinski definition) is 5. The van der Waals surface area contributed by atoms with E-state index in [4.69, 9.17) is 4.52 Å². The maximum atomic E-state index is 13.7. The Morgan fingerprint density at radius 1 is 1.09 bits per heavy atom. The van der Waals surface area contributed by atoms with Crippen LogP contribution >= 0.6 is 15.9 Å². The van der Waals surface area contributed by atoms with Gasteiger partial charge < -0.3 is 9.08 Å². The van der Waals surface area contributed by atoms with Crippen molar-refractivity contribution in [3.63, 3.8) is 0 Å². The summed E-state index contributed by atoms with van der Waals surface area (Å²) in [4.78, 5) is 4.32. The molecule has 0 bridgehead atoms. The van der Waals surface area contributed by atoms with Gasteiger partial charge in [-0.05, 0) is 66.5 Å². The molecule has 32 heavy (non-hydrogen) atoms. The Kier molecular flexibility index (Phi) is 6.67. The summed E-state index contributed by atoms with van der Waals surface area (Å²) in [6, 6.07) is 18.2. The van der Waals surface area contributed by atoms with Crippen molar-refractivity contribution in [2.45, 2.75) is 38.0 Å². The topological polar surface area (TPSA) is 74.0 Å². The molecule has 0 aliphatic carbocycles. The zero-order chi connectivity index (χ0) is 22.9. The Hall–Kier alpha value is -2.26. The van der Waals surface area contributed by atoms with Crippen LogP contribution in [0, 0.1) is 5.82 Å². The Morgan fingerprint density at radius 2 is 1.81 bits per heavy atom. The van der Waals surface area contributed by atoms with Crippen LogP contribution in [0.25, 0.3) is 22.2 Å². The average molecular weight is 516 g/mol. The standard InChI is InChI=1S/C24H23BrFN3O2S/c1-24(2,3)32(30)29-20(14-15-12-13-19(26)23(25)27-15)16-8-4-5-9-17(16)22-18-10-6-7-11-21(18)31-28-22/h4-13,20,29H,14H2,1-3H3/t20-,32?/m0/s1. The third-order valence-corrected chi connectivity index (χ3v) is 7.22. The fourth-order valence-electron chi connectivity index (χ4n) is 3.40. The number of halogens is 2. The van der Waals surface area contributed by atoms with Gasteiger partial charge in [0.1, 0.15) is 15.0 Å². The van der Waals surface area contributed by atoms with Crippen molar-refractivity contribution < 1.29 is 13.5 Å². The molecule has 2 atom stereocenters. The summed E-state index contributed by atoms with van der Waals surface area (Å²) < 4.78 is 35.3. The summed E-state index contributed by atoms with van der Waals surface area (Å²) in [5, 5.41) is 5.22. The number of para-hydroxylation sites is 1. The van der Waals surface area contributed by atoms with Crippen molar-refractivity contribution in [1.82, 2.24) is 14.9 Å². The smallest absolute Gasteiger partial charge is 0.167 e. The van der Waals surface area contributed by atoms with E-state index in [1.807, 2.05) is 69.3 Å². The van der Waals surface area contributed by atoms with Gasteiger partial charge in [0.15, 0.2) is 11.4 Å². The van der Waals surface area contributed by atoms with Crippen molar-refractivity contribution in [3.8, 4) is 11.3 Å². The highest BCUT2D eigenvalue weighted by molar-refractivity contribution is 9.10. The molecule has 0 spiro atoms. The van der Waals surface area contributed by atoms with E-state index < -0.39 is 21.9 Å². The summed E-state index contributed by atoms with van der Waals surface area (Å²) in [5.74, 6) is -0.425. The number of fused-ring (bicyclic) bond motifs is 1. The first kappa shape index (κ1) is 22.9. The first-order valence-electron chi connectivity index (χ1n) is 10.2. The number of nitrogens with one attached hydrogen (secondary N) is 1. The van der Waals surface area contributed by atoms with Gasteiger partial charge >= 0.3 is 0 Å². The van der Waals surface area contributed by atoms with E-state index in [-0.39, 0.29) is 10.6 Å². The zero-order valence-electron chi connectivity index (χ0n) is 17.9. The van der Waals surface area contributed by atoms with Crippen LogP contribution < -0.4 is 4.72 Å². The maximum Gasteiger partial charge on any atom is 0.167 e. The van der Waals surface area contributed by atoms with Crippen molar-refractivity contribution in [3.05, 3.63) is 82.3 Å². The van der Waals surface area contributed by atoms with Crippen molar-refractivity contribution >= 4 is 38.3 Å². The minimum absolute atomic E-state index is 0.154. The fourth-order valence-corrected chi connectivity index (χ4v) is 4.58. The van der Waals surface area contributed by atoms with Gasteiger partial charge in [0.05, 0.1) is 6.04 Å². The summed E-state index contributed by atoms with van der Waals surface area (Å²) in [6.07, 6.45) is 0.410. The molecule has 0 saturated heterocycles. The van der Waals surface area contributed by atoms with Gasteiger partial charge in [-0.25, -0.2) is 9.37 Å². The van der Waals surface area contributed by atoms with Gasteiger partial charge in [-0.15, -0.1) is 4.72 Å². The van der Waals surface area contributed by atoms with Gasteiger partial charge in [0.25, 0.3) is 0 Å². The minimum atomic E-state index is -1.34. The highest BCUT2D eigenvalue weighted by Gasteiger charge is 2.31. The van der Waals surface area contributed by atoms with Crippen LogP contribution in [0.4, 0.5) is 4.39 Å². The van der Waals surface area contributed by atoms with E-state index in [1.54, 1.807) is 6.07 Å². The lowest BCUT2D eigenvalue weighted by atomic mass is 9.94. The molecule has 0 aliphatic rings. The van der Waals surface area contributed by atoms with Gasteiger partial charge in [0, 0.05) is 34.4 Å². The molecule has 1 unspecified atom stereocenters. The van der Waals surface area contributed by atoms with E-state index in [1.165, 1.54) is 6.07 Å². The van der Waals surface area contributed by atoms with E-state index in [0.29, 0.717) is 17.7 Å². The van der Waals surface area contributed by atoms with Gasteiger partial charge in [0.2, 0.25) is 0 Å². The quantitative estimate of drug-likeness (QED) is 0.247. The molecule has 8 heteroatoms. The Bertz CT molecular complexity index is 1240. The molecule has 4 aromatic rings. The number of aromatic nitrogens is 2. The molecule has 2 aromatic heterocycles. The lowest BCUT2D eigenvalue weighted by Crippen LogP contribution is -2.42. The first-order chi connectivity index (χ1) is 15.2. The number of pyridine rings is 1. The van der Waals surface area contributed by atoms with E-state index in [0.717, 1.165) is 22.2 Å². The largest absolute Gasteiger partial charge is 0.598 e. The van der Waals surface area contributed by atoms with Crippen LogP contribution in [0.15, 0.2) is 69.8 Å². The second-order valence-corrected chi connectivity index (χ2v) is 11.2.